The highest BCUT2D eigenvalue weighted by atomic mass is 79.9. The zero-order chi connectivity index (χ0) is 14.8. The van der Waals surface area contributed by atoms with Gasteiger partial charge in [-0.2, -0.15) is 4.31 Å². The summed E-state index contributed by atoms with van der Waals surface area (Å²) < 4.78 is 25.5. The maximum absolute atomic E-state index is 11.9. The smallest absolute Gasteiger partial charge is 0.225 e. The van der Waals surface area contributed by atoms with Crippen LogP contribution in [0.25, 0.3) is 0 Å². The Hall–Kier alpha value is -0.920. The number of nitrogens with one attached hydrogen (secondary N) is 1. The highest BCUT2D eigenvalue weighted by molar-refractivity contribution is 9.10. The molecule has 0 radical (unpaired) electrons. The number of carbonyl (C=O) groups is 1. The first-order valence-electron chi connectivity index (χ1n) is 6.38. The predicted molar refractivity (Wildman–Crippen MR) is 82.0 cm³/mol. The third-order valence-corrected chi connectivity index (χ3v) is 4.87. The maximum Gasteiger partial charge on any atom is 0.225 e. The molecule has 1 fully saturated rings. The number of carbonyl (C=O) groups excluding carboxylic acids is 1. The minimum absolute atomic E-state index is 0.0867. The normalized spacial score (nSPS) is 15.3. The van der Waals surface area contributed by atoms with E-state index in [1.165, 1.54) is 10.6 Å². The van der Waals surface area contributed by atoms with Crippen molar-refractivity contribution in [1.29, 1.82) is 0 Å². The van der Waals surface area contributed by atoms with Crippen molar-refractivity contribution in [1.82, 2.24) is 4.31 Å². The van der Waals surface area contributed by atoms with Crippen LogP contribution in [0.2, 0.25) is 0 Å². The van der Waals surface area contributed by atoms with Crippen LogP contribution in [-0.4, -0.2) is 37.5 Å². The summed E-state index contributed by atoms with van der Waals surface area (Å²) >= 11 is 3.33. The molecule has 0 bridgehead atoms. The summed E-state index contributed by atoms with van der Waals surface area (Å²) in [6.07, 6.45) is 3.13. The Balaban J connectivity index is 1.88. The molecule has 7 heteroatoms. The summed E-state index contributed by atoms with van der Waals surface area (Å²) in [6, 6.07) is 7.37. The number of anilines is 1. The lowest BCUT2D eigenvalue weighted by Gasteiger charge is -2.18. The van der Waals surface area contributed by atoms with Crippen molar-refractivity contribution in [2.45, 2.75) is 25.3 Å². The second-order valence-corrected chi connectivity index (χ2v) is 7.76. The van der Waals surface area contributed by atoms with Crippen LogP contribution in [0.15, 0.2) is 28.7 Å². The molecule has 0 heterocycles. The van der Waals surface area contributed by atoms with E-state index in [0.29, 0.717) is 5.69 Å². The predicted octanol–water partition coefficient (Wildman–Crippen LogP) is 2.20. The van der Waals surface area contributed by atoms with Crippen molar-refractivity contribution >= 4 is 37.5 Å². The largest absolute Gasteiger partial charge is 0.326 e. The van der Waals surface area contributed by atoms with Gasteiger partial charge >= 0.3 is 0 Å². The zero-order valence-corrected chi connectivity index (χ0v) is 13.6. The number of hydrogen-bond donors (Lipinski definition) is 1. The van der Waals surface area contributed by atoms with Crippen molar-refractivity contribution in [3.8, 4) is 0 Å². The number of nitrogens with zero attached hydrogens (tertiary/aromatic N) is 1. The average Bonchev–Trinajstić information content (AvgIpc) is 3.11. The van der Waals surface area contributed by atoms with Crippen LogP contribution in [0.5, 0.6) is 0 Å². The van der Waals surface area contributed by atoms with Crippen LogP contribution in [0.4, 0.5) is 5.69 Å². The van der Waals surface area contributed by atoms with Gasteiger partial charge in [0, 0.05) is 29.2 Å². The molecule has 5 nitrogen and oxygen atoms in total. The fraction of sp³-hybridized carbons (Fsp3) is 0.462. The number of rotatable bonds is 6. The van der Waals surface area contributed by atoms with Gasteiger partial charge < -0.3 is 5.32 Å². The van der Waals surface area contributed by atoms with Crippen LogP contribution >= 0.6 is 15.9 Å². The molecule has 1 N–H and O–H groups in total. The van der Waals surface area contributed by atoms with E-state index in [2.05, 4.69) is 21.2 Å². The molecule has 1 aromatic carbocycles. The highest BCUT2D eigenvalue weighted by Crippen LogP contribution is 2.28. The number of amides is 1. The molecule has 0 spiro atoms. The molecule has 1 aliphatic rings. The minimum Gasteiger partial charge on any atom is -0.326 e. The molecule has 0 saturated heterocycles. The summed E-state index contributed by atoms with van der Waals surface area (Å²) in [5.41, 5.74) is 0.696. The standard InChI is InChI=1S/C13H17BrN2O3S/c1-20(18,19)16(12-5-6-12)8-7-13(17)15-11-4-2-3-10(14)9-11/h2-4,9,12H,5-8H2,1H3,(H,15,17). The van der Waals surface area contributed by atoms with Crippen LogP contribution < -0.4 is 5.32 Å². The zero-order valence-electron chi connectivity index (χ0n) is 11.2. The van der Waals surface area contributed by atoms with Gasteiger partial charge in [0.2, 0.25) is 15.9 Å². The molecule has 0 aliphatic heterocycles. The summed E-state index contributed by atoms with van der Waals surface area (Å²) in [6.45, 7) is 0.239. The van der Waals surface area contributed by atoms with E-state index in [-0.39, 0.29) is 24.9 Å². The van der Waals surface area contributed by atoms with Gasteiger partial charge in [0.05, 0.1) is 6.26 Å². The highest BCUT2D eigenvalue weighted by Gasteiger charge is 2.34. The minimum atomic E-state index is -3.23. The van der Waals surface area contributed by atoms with E-state index in [4.69, 9.17) is 0 Å². The van der Waals surface area contributed by atoms with Gasteiger partial charge in [0.15, 0.2) is 0 Å². The lowest BCUT2D eigenvalue weighted by molar-refractivity contribution is -0.116. The van der Waals surface area contributed by atoms with E-state index >= 15 is 0 Å². The molecule has 0 unspecified atom stereocenters. The van der Waals surface area contributed by atoms with Gasteiger partial charge in [0.25, 0.3) is 0 Å². The Morgan fingerprint density at radius 3 is 2.70 bits per heavy atom. The van der Waals surface area contributed by atoms with Crippen molar-refractivity contribution in [3.63, 3.8) is 0 Å². The molecule has 0 atom stereocenters. The monoisotopic (exact) mass is 360 g/mol. The Kier molecular flexibility index (Phi) is 4.82. The molecule has 1 amide bonds. The summed E-state index contributed by atoms with van der Waals surface area (Å²) in [5.74, 6) is -0.183. The molecular weight excluding hydrogens is 344 g/mol. The topological polar surface area (TPSA) is 66.5 Å². The van der Waals surface area contributed by atoms with E-state index < -0.39 is 10.0 Å². The van der Waals surface area contributed by atoms with Crippen LogP contribution in [0.3, 0.4) is 0 Å². The van der Waals surface area contributed by atoms with Gasteiger partial charge in [0.1, 0.15) is 0 Å². The Labute approximate surface area is 127 Å². The van der Waals surface area contributed by atoms with Crippen molar-refractivity contribution in [2.75, 3.05) is 18.1 Å². The quantitative estimate of drug-likeness (QED) is 0.845. The molecule has 2 rings (SSSR count). The first-order valence-corrected chi connectivity index (χ1v) is 9.02. The molecular formula is C13H17BrN2O3S. The Morgan fingerprint density at radius 2 is 2.15 bits per heavy atom. The molecule has 110 valence electrons. The average molecular weight is 361 g/mol. The second kappa shape index (κ2) is 6.24. The molecule has 1 saturated carbocycles. The number of halogens is 1. The number of benzene rings is 1. The fourth-order valence-corrected chi connectivity index (χ4v) is 3.56. The van der Waals surface area contributed by atoms with E-state index in [0.717, 1.165) is 17.3 Å². The van der Waals surface area contributed by atoms with E-state index in [1.807, 2.05) is 12.1 Å². The van der Waals surface area contributed by atoms with Crippen molar-refractivity contribution < 1.29 is 13.2 Å². The van der Waals surface area contributed by atoms with Crippen LogP contribution in [0.1, 0.15) is 19.3 Å². The van der Waals surface area contributed by atoms with Crippen LogP contribution in [-0.2, 0) is 14.8 Å². The molecule has 0 aromatic heterocycles. The van der Waals surface area contributed by atoms with Gasteiger partial charge in [-0.05, 0) is 31.0 Å². The van der Waals surface area contributed by atoms with Gasteiger partial charge in [-0.3, -0.25) is 4.79 Å². The number of sulfonamides is 1. The first-order chi connectivity index (χ1) is 9.36. The number of hydrogen-bond acceptors (Lipinski definition) is 3. The lowest BCUT2D eigenvalue weighted by Crippen LogP contribution is -2.34. The molecule has 1 aromatic rings. The SMILES string of the molecule is CS(=O)(=O)N(CCC(=O)Nc1cccc(Br)c1)C1CC1. The summed E-state index contributed by atoms with van der Waals surface area (Å²) in [7, 11) is -3.23. The second-order valence-electron chi connectivity index (χ2n) is 4.91. The van der Waals surface area contributed by atoms with Crippen LogP contribution in [0, 0.1) is 0 Å². The van der Waals surface area contributed by atoms with E-state index in [9.17, 15) is 13.2 Å². The van der Waals surface area contributed by atoms with Crippen molar-refractivity contribution in [2.24, 2.45) is 0 Å². The molecule has 20 heavy (non-hydrogen) atoms. The Bertz CT molecular complexity index is 599. The third kappa shape index (κ3) is 4.57. The van der Waals surface area contributed by atoms with Gasteiger partial charge in [-0.15, -0.1) is 0 Å². The summed E-state index contributed by atoms with van der Waals surface area (Å²) in [5, 5.41) is 2.76. The lowest BCUT2D eigenvalue weighted by atomic mass is 10.3. The fourth-order valence-electron chi connectivity index (χ4n) is 1.98. The summed E-state index contributed by atoms with van der Waals surface area (Å²) in [4.78, 5) is 11.9. The maximum atomic E-state index is 11.9. The van der Waals surface area contributed by atoms with Gasteiger partial charge in [-0.1, -0.05) is 22.0 Å². The van der Waals surface area contributed by atoms with E-state index in [1.54, 1.807) is 12.1 Å². The third-order valence-electron chi connectivity index (χ3n) is 3.05. The Morgan fingerprint density at radius 1 is 1.45 bits per heavy atom. The molecule has 1 aliphatic carbocycles. The van der Waals surface area contributed by atoms with Gasteiger partial charge in [-0.25, -0.2) is 8.42 Å². The first kappa shape index (κ1) is 15.5. The van der Waals surface area contributed by atoms with Crippen molar-refractivity contribution in [3.05, 3.63) is 28.7 Å².